The summed E-state index contributed by atoms with van der Waals surface area (Å²) in [7, 11) is 0. The molecular weight excluding hydrogens is 252 g/mol. The lowest BCUT2D eigenvalue weighted by atomic mass is 10.1. The normalized spacial score (nSPS) is 12.1. The van der Waals surface area contributed by atoms with E-state index >= 15 is 0 Å². The van der Waals surface area contributed by atoms with Gasteiger partial charge in [-0.2, -0.15) is 0 Å². The summed E-state index contributed by atoms with van der Waals surface area (Å²) in [5, 5.41) is 13.8. The first kappa shape index (κ1) is 19.0. The van der Waals surface area contributed by atoms with Crippen molar-refractivity contribution in [1.29, 1.82) is 0 Å². The molecular formula is C16H32N2O2. The van der Waals surface area contributed by atoms with E-state index in [-0.39, 0.29) is 11.7 Å². The number of carbonyl (C=O) groups is 1. The Hall–Kier alpha value is -1.03. The molecule has 0 aliphatic heterocycles. The molecule has 4 heteroatoms. The van der Waals surface area contributed by atoms with Crippen molar-refractivity contribution in [2.75, 3.05) is 6.54 Å². The van der Waals surface area contributed by atoms with E-state index in [0.29, 0.717) is 12.8 Å². The van der Waals surface area contributed by atoms with Crippen molar-refractivity contribution in [1.82, 2.24) is 5.32 Å². The number of rotatable bonds is 13. The number of unbranched alkanes of at least 4 members (excludes halogenated alkanes) is 7. The van der Waals surface area contributed by atoms with Crippen LogP contribution in [0, 0.1) is 0 Å². The Morgan fingerprint density at radius 3 is 2.05 bits per heavy atom. The van der Waals surface area contributed by atoms with Crippen molar-refractivity contribution < 1.29 is 15.6 Å². The fourth-order valence-electron chi connectivity index (χ4n) is 2.20. The minimum Gasteiger partial charge on any atom is -0.874 e. The summed E-state index contributed by atoms with van der Waals surface area (Å²) in [5.41, 5.74) is 3.83. The van der Waals surface area contributed by atoms with Crippen LogP contribution in [-0.2, 0) is 4.79 Å². The highest BCUT2D eigenvalue weighted by Gasteiger charge is 2.07. The molecule has 0 rings (SSSR count). The summed E-state index contributed by atoms with van der Waals surface area (Å²) in [4.78, 5) is 11.6. The van der Waals surface area contributed by atoms with Gasteiger partial charge in [-0.05, 0) is 25.7 Å². The van der Waals surface area contributed by atoms with Crippen molar-refractivity contribution >= 4 is 5.91 Å². The zero-order chi connectivity index (χ0) is 15.2. The third-order valence-corrected chi connectivity index (χ3v) is 3.54. The van der Waals surface area contributed by atoms with E-state index in [1.54, 1.807) is 0 Å². The highest BCUT2D eigenvalue weighted by atomic mass is 16.3. The van der Waals surface area contributed by atoms with Gasteiger partial charge in [-0.25, -0.2) is 0 Å². The van der Waals surface area contributed by atoms with Crippen LogP contribution in [0.5, 0.6) is 0 Å². The van der Waals surface area contributed by atoms with Crippen LogP contribution >= 0.6 is 0 Å². The minimum atomic E-state index is -0.407. The Balaban J connectivity index is 3.41. The van der Waals surface area contributed by atoms with Gasteiger partial charge in [0.25, 0.3) is 0 Å². The monoisotopic (exact) mass is 284 g/mol. The van der Waals surface area contributed by atoms with Crippen LogP contribution in [0.25, 0.3) is 0 Å². The third-order valence-electron chi connectivity index (χ3n) is 3.54. The molecule has 0 radical (unpaired) electrons. The Morgan fingerprint density at radius 2 is 1.60 bits per heavy atom. The maximum Gasteiger partial charge on any atom is 0.220 e. The SMILES string of the molecule is C=C([O-])C(CC)NC(=O)CCCCCCCCCC[NH3+]. The van der Waals surface area contributed by atoms with Crippen LogP contribution in [-0.4, -0.2) is 18.5 Å². The van der Waals surface area contributed by atoms with Gasteiger partial charge in [-0.15, -0.1) is 12.3 Å². The van der Waals surface area contributed by atoms with Gasteiger partial charge < -0.3 is 16.2 Å². The number of quaternary nitrogens is 1. The summed E-state index contributed by atoms with van der Waals surface area (Å²) in [6.45, 7) is 6.28. The van der Waals surface area contributed by atoms with Gasteiger partial charge in [-0.1, -0.05) is 39.0 Å². The summed E-state index contributed by atoms with van der Waals surface area (Å²) < 4.78 is 0. The Bertz CT molecular complexity index is 267. The van der Waals surface area contributed by atoms with Crippen molar-refractivity contribution in [2.45, 2.75) is 77.2 Å². The number of hydrogen-bond donors (Lipinski definition) is 2. The quantitative estimate of drug-likeness (QED) is 0.397. The summed E-state index contributed by atoms with van der Waals surface area (Å²) in [6, 6.07) is -0.407. The minimum absolute atomic E-state index is 0.0238. The first-order valence-electron chi connectivity index (χ1n) is 8.06. The molecule has 118 valence electrons. The van der Waals surface area contributed by atoms with E-state index in [0.717, 1.165) is 19.4 Å². The molecule has 0 aromatic heterocycles. The summed E-state index contributed by atoms with van der Waals surface area (Å²) in [5.74, 6) is -0.229. The molecule has 0 aliphatic rings. The zero-order valence-corrected chi connectivity index (χ0v) is 13.1. The molecule has 0 fully saturated rings. The summed E-state index contributed by atoms with van der Waals surface area (Å²) in [6.07, 6.45) is 10.7. The molecule has 1 atom stereocenters. The van der Waals surface area contributed by atoms with Crippen LogP contribution in [0.15, 0.2) is 12.3 Å². The number of hydrogen-bond acceptors (Lipinski definition) is 2. The lowest BCUT2D eigenvalue weighted by Gasteiger charge is -2.23. The fourth-order valence-corrected chi connectivity index (χ4v) is 2.20. The maximum absolute atomic E-state index is 11.6. The van der Waals surface area contributed by atoms with Gasteiger partial charge in [0.1, 0.15) is 0 Å². The van der Waals surface area contributed by atoms with Crippen molar-refractivity contribution in [3.05, 3.63) is 12.3 Å². The third kappa shape index (κ3) is 10.9. The largest absolute Gasteiger partial charge is 0.874 e. The van der Waals surface area contributed by atoms with E-state index < -0.39 is 6.04 Å². The van der Waals surface area contributed by atoms with Gasteiger partial charge in [0.2, 0.25) is 5.91 Å². The average molecular weight is 284 g/mol. The standard InChI is InChI=1S/C16H32N2O2/c1-3-15(14(2)19)18-16(20)12-10-8-6-4-5-7-9-11-13-17/h15,19H,2-13,17H2,1H3,(H,18,20). The van der Waals surface area contributed by atoms with E-state index in [1.165, 1.54) is 38.5 Å². The molecule has 0 aromatic carbocycles. The van der Waals surface area contributed by atoms with Crippen LogP contribution in [0.3, 0.4) is 0 Å². The van der Waals surface area contributed by atoms with E-state index in [1.807, 2.05) is 6.92 Å². The predicted octanol–water partition coefficient (Wildman–Crippen LogP) is 1.51. The fraction of sp³-hybridized carbons (Fsp3) is 0.812. The number of carbonyl (C=O) groups excluding carboxylic acids is 1. The molecule has 0 heterocycles. The van der Waals surface area contributed by atoms with Crippen molar-refractivity contribution in [2.24, 2.45) is 0 Å². The highest BCUT2D eigenvalue weighted by molar-refractivity contribution is 5.76. The van der Waals surface area contributed by atoms with Gasteiger partial charge in [0, 0.05) is 12.5 Å². The topological polar surface area (TPSA) is 79.8 Å². The number of amides is 1. The Labute approximate surface area is 123 Å². The van der Waals surface area contributed by atoms with E-state index in [9.17, 15) is 9.90 Å². The second kappa shape index (κ2) is 13.0. The smallest absolute Gasteiger partial charge is 0.220 e. The lowest BCUT2D eigenvalue weighted by Crippen LogP contribution is -2.50. The van der Waals surface area contributed by atoms with Gasteiger partial charge in [-0.3, -0.25) is 4.79 Å². The Morgan fingerprint density at radius 1 is 1.10 bits per heavy atom. The Kier molecular flexibility index (Phi) is 12.3. The molecule has 1 unspecified atom stereocenters. The summed E-state index contributed by atoms with van der Waals surface area (Å²) >= 11 is 0. The van der Waals surface area contributed by atoms with Crippen molar-refractivity contribution in [3.8, 4) is 0 Å². The second-order valence-electron chi connectivity index (χ2n) is 5.43. The number of nitrogens with one attached hydrogen (secondary N) is 1. The highest BCUT2D eigenvalue weighted by Crippen LogP contribution is 2.09. The molecule has 1 amide bonds. The van der Waals surface area contributed by atoms with Gasteiger partial charge in [0.05, 0.1) is 6.54 Å². The van der Waals surface area contributed by atoms with Crippen molar-refractivity contribution in [3.63, 3.8) is 0 Å². The van der Waals surface area contributed by atoms with Gasteiger partial charge >= 0.3 is 0 Å². The van der Waals surface area contributed by atoms with E-state index in [2.05, 4.69) is 17.6 Å². The molecule has 4 N–H and O–H groups in total. The first-order valence-corrected chi connectivity index (χ1v) is 8.06. The molecule has 0 saturated carbocycles. The molecule has 0 aliphatic carbocycles. The van der Waals surface area contributed by atoms with Crippen LogP contribution in [0.1, 0.15) is 71.1 Å². The van der Waals surface area contributed by atoms with Crippen LogP contribution < -0.4 is 16.2 Å². The molecule has 0 spiro atoms. The zero-order valence-electron chi connectivity index (χ0n) is 13.1. The van der Waals surface area contributed by atoms with Crippen LogP contribution in [0.2, 0.25) is 0 Å². The molecule has 0 aromatic rings. The molecule has 0 bridgehead atoms. The second-order valence-corrected chi connectivity index (χ2v) is 5.43. The van der Waals surface area contributed by atoms with Gasteiger partial charge in [0.15, 0.2) is 0 Å². The molecule has 20 heavy (non-hydrogen) atoms. The maximum atomic E-state index is 11.6. The first-order chi connectivity index (χ1) is 9.61. The molecule has 4 nitrogen and oxygen atoms in total. The lowest BCUT2D eigenvalue weighted by molar-refractivity contribution is -0.368. The van der Waals surface area contributed by atoms with E-state index in [4.69, 9.17) is 0 Å². The average Bonchev–Trinajstić information content (AvgIpc) is 2.42. The molecule has 0 saturated heterocycles. The predicted molar refractivity (Wildman–Crippen MR) is 80.7 cm³/mol. The van der Waals surface area contributed by atoms with Crippen LogP contribution in [0.4, 0.5) is 0 Å².